The molecule has 0 unspecified atom stereocenters. The summed E-state index contributed by atoms with van der Waals surface area (Å²) in [6.07, 6.45) is 0. The first kappa shape index (κ1) is 12.2. The number of nitrogens with zero attached hydrogens (tertiary/aromatic N) is 1. The van der Waals surface area contributed by atoms with Crippen LogP contribution in [0.5, 0.6) is 0 Å². The molecule has 0 amide bonds. The fraction of sp³-hybridized carbons (Fsp3) is 0.294. The number of rotatable bonds is 2. The largest absolute Gasteiger partial charge is 0.392 e. The molecule has 0 saturated carbocycles. The number of aliphatic hydroxyl groups is 1. The third-order valence-electron chi connectivity index (χ3n) is 3.98. The number of aryl methyl sites for hydroxylation is 3. The second-order valence-electron chi connectivity index (χ2n) is 5.18. The molecule has 98 valence electrons. The Kier molecular flexibility index (Phi) is 2.83. The summed E-state index contributed by atoms with van der Waals surface area (Å²) >= 11 is 0. The van der Waals surface area contributed by atoms with Gasteiger partial charge in [-0.1, -0.05) is 18.2 Å². The van der Waals surface area contributed by atoms with E-state index in [1.165, 1.54) is 32.9 Å². The number of aromatic nitrogens is 1. The summed E-state index contributed by atoms with van der Waals surface area (Å²) in [6.45, 7) is 7.57. The predicted molar refractivity (Wildman–Crippen MR) is 80.5 cm³/mol. The van der Waals surface area contributed by atoms with Gasteiger partial charge >= 0.3 is 0 Å². The third-order valence-corrected chi connectivity index (χ3v) is 3.98. The lowest BCUT2D eigenvalue weighted by Crippen LogP contribution is -1.95. The average Bonchev–Trinajstić information content (AvgIpc) is 2.77. The van der Waals surface area contributed by atoms with Crippen molar-refractivity contribution in [1.29, 1.82) is 0 Å². The lowest BCUT2D eigenvalue weighted by atomic mass is 10.0. The van der Waals surface area contributed by atoms with Crippen LogP contribution in [0.15, 0.2) is 30.3 Å². The molecule has 0 aliphatic carbocycles. The molecule has 3 rings (SSSR count). The highest BCUT2D eigenvalue weighted by atomic mass is 16.3. The van der Waals surface area contributed by atoms with Crippen LogP contribution in [0.4, 0.5) is 0 Å². The molecule has 0 spiro atoms. The van der Waals surface area contributed by atoms with Crippen molar-refractivity contribution in [2.24, 2.45) is 0 Å². The monoisotopic (exact) mass is 253 g/mol. The van der Waals surface area contributed by atoms with Gasteiger partial charge in [-0.15, -0.1) is 0 Å². The van der Waals surface area contributed by atoms with E-state index in [1.54, 1.807) is 0 Å². The first-order chi connectivity index (χ1) is 9.17. The summed E-state index contributed by atoms with van der Waals surface area (Å²) in [5, 5.41) is 11.9. The zero-order valence-corrected chi connectivity index (χ0v) is 11.7. The van der Waals surface area contributed by atoms with E-state index >= 15 is 0 Å². The zero-order chi connectivity index (χ0) is 13.6. The molecule has 0 saturated heterocycles. The molecule has 0 atom stereocenters. The Bertz CT molecular complexity index is 768. The molecule has 2 nitrogen and oxygen atoms in total. The van der Waals surface area contributed by atoms with E-state index in [4.69, 9.17) is 0 Å². The van der Waals surface area contributed by atoms with E-state index < -0.39 is 0 Å². The predicted octanol–water partition coefficient (Wildman–Crippen LogP) is 3.92. The highest BCUT2D eigenvalue weighted by Crippen LogP contribution is 2.34. The molecule has 3 aromatic rings. The first-order valence-corrected chi connectivity index (χ1v) is 6.79. The van der Waals surface area contributed by atoms with Gasteiger partial charge in [0.1, 0.15) is 0 Å². The van der Waals surface area contributed by atoms with Crippen LogP contribution in [-0.2, 0) is 13.2 Å². The van der Waals surface area contributed by atoms with Gasteiger partial charge in [0, 0.05) is 22.8 Å². The lowest BCUT2D eigenvalue weighted by molar-refractivity contribution is 0.282. The second kappa shape index (κ2) is 4.39. The van der Waals surface area contributed by atoms with Crippen LogP contribution in [0.2, 0.25) is 0 Å². The van der Waals surface area contributed by atoms with Gasteiger partial charge in [-0.2, -0.15) is 0 Å². The Labute approximate surface area is 113 Å². The second-order valence-corrected chi connectivity index (χ2v) is 5.18. The average molecular weight is 253 g/mol. The number of aliphatic hydroxyl groups excluding tert-OH is 1. The number of benzene rings is 2. The zero-order valence-electron chi connectivity index (χ0n) is 11.7. The molecule has 0 fully saturated rings. The topological polar surface area (TPSA) is 25.2 Å². The maximum absolute atomic E-state index is 9.35. The van der Waals surface area contributed by atoms with Crippen LogP contribution in [-0.4, -0.2) is 9.67 Å². The maximum atomic E-state index is 9.35. The van der Waals surface area contributed by atoms with Crippen molar-refractivity contribution in [3.05, 3.63) is 47.0 Å². The van der Waals surface area contributed by atoms with Gasteiger partial charge in [0.15, 0.2) is 0 Å². The summed E-state index contributed by atoms with van der Waals surface area (Å²) in [7, 11) is 0. The molecule has 2 aromatic carbocycles. The minimum Gasteiger partial charge on any atom is -0.392 e. The fourth-order valence-electron chi connectivity index (χ4n) is 3.05. The third kappa shape index (κ3) is 1.67. The van der Waals surface area contributed by atoms with E-state index in [0.717, 1.165) is 12.1 Å². The van der Waals surface area contributed by atoms with Crippen molar-refractivity contribution in [1.82, 2.24) is 4.57 Å². The van der Waals surface area contributed by atoms with Gasteiger partial charge in [0.2, 0.25) is 0 Å². The van der Waals surface area contributed by atoms with E-state index in [2.05, 4.69) is 49.6 Å². The van der Waals surface area contributed by atoms with Crippen molar-refractivity contribution in [2.45, 2.75) is 33.9 Å². The van der Waals surface area contributed by atoms with Gasteiger partial charge in [-0.05, 0) is 49.6 Å². The van der Waals surface area contributed by atoms with E-state index in [0.29, 0.717) is 0 Å². The Morgan fingerprint density at radius 2 is 1.79 bits per heavy atom. The van der Waals surface area contributed by atoms with E-state index in [1.807, 2.05) is 6.07 Å². The summed E-state index contributed by atoms with van der Waals surface area (Å²) in [5.74, 6) is 0. The fourth-order valence-corrected chi connectivity index (χ4v) is 3.05. The molecule has 1 N–H and O–H groups in total. The summed E-state index contributed by atoms with van der Waals surface area (Å²) in [4.78, 5) is 0. The van der Waals surface area contributed by atoms with Gasteiger partial charge in [-0.3, -0.25) is 0 Å². The van der Waals surface area contributed by atoms with Gasteiger partial charge in [-0.25, -0.2) is 0 Å². The highest BCUT2D eigenvalue weighted by Gasteiger charge is 2.13. The van der Waals surface area contributed by atoms with Crippen molar-refractivity contribution in [3.8, 4) is 0 Å². The van der Waals surface area contributed by atoms with Gasteiger partial charge < -0.3 is 9.67 Å². The molecule has 0 bridgehead atoms. The van der Waals surface area contributed by atoms with E-state index in [9.17, 15) is 5.11 Å². The Balaban J connectivity index is 2.58. The number of hydrogen-bond acceptors (Lipinski definition) is 1. The van der Waals surface area contributed by atoms with Crippen molar-refractivity contribution in [2.75, 3.05) is 0 Å². The summed E-state index contributed by atoms with van der Waals surface area (Å²) in [5.41, 5.74) is 6.17. The Morgan fingerprint density at radius 3 is 2.47 bits per heavy atom. The lowest BCUT2D eigenvalue weighted by Gasteiger charge is -2.06. The van der Waals surface area contributed by atoms with E-state index in [-0.39, 0.29) is 6.61 Å². The van der Waals surface area contributed by atoms with Crippen molar-refractivity contribution >= 4 is 21.8 Å². The van der Waals surface area contributed by atoms with Crippen LogP contribution >= 0.6 is 0 Å². The molecular weight excluding hydrogens is 234 g/mol. The first-order valence-electron chi connectivity index (χ1n) is 6.79. The Hall–Kier alpha value is -1.80. The highest BCUT2D eigenvalue weighted by molar-refractivity contribution is 6.10. The quantitative estimate of drug-likeness (QED) is 0.735. The summed E-state index contributed by atoms with van der Waals surface area (Å²) in [6, 6.07) is 10.6. The normalized spacial score (nSPS) is 11.6. The molecule has 0 radical (unpaired) electrons. The SMILES string of the molecule is CCn1c2ccc(CO)cc2c2c(C)ccc(C)c21. The number of hydrogen-bond donors (Lipinski definition) is 1. The number of fused-ring (bicyclic) bond motifs is 3. The van der Waals surface area contributed by atoms with Crippen LogP contribution in [0.25, 0.3) is 21.8 Å². The van der Waals surface area contributed by atoms with Crippen LogP contribution in [0, 0.1) is 13.8 Å². The molecule has 0 aliphatic rings. The Morgan fingerprint density at radius 1 is 1.05 bits per heavy atom. The maximum Gasteiger partial charge on any atom is 0.0682 e. The molecular formula is C17H19NO. The van der Waals surface area contributed by atoms with Crippen LogP contribution in [0.1, 0.15) is 23.6 Å². The van der Waals surface area contributed by atoms with Gasteiger partial charge in [0.05, 0.1) is 12.1 Å². The standard InChI is InChI=1S/C17H19NO/c1-4-18-15-8-7-13(10-19)9-14(15)16-11(2)5-6-12(3)17(16)18/h5-9,19H,4,10H2,1-3H3. The molecule has 1 aromatic heterocycles. The van der Waals surface area contributed by atoms with Crippen molar-refractivity contribution in [3.63, 3.8) is 0 Å². The molecule has 19 heavy (non-hydrogen) atoms. The van der Waals surface area contributed by atoms with Crippen LogP contribution < -0.4 is 0 Å². The molecule has 2 heteroatoms. The molecule has 1 heterocycles. The smallest absolute Gasteiger partial charge is 0.0682 e. The van der Waals surface area contributed by atoms with Gasteiger partial charge in [0.25, 0.3) is 0 Å². The minimum absolute atomic E-state index is 0.0968. The minimum atomic E-state index is 0.0968. The van der Waals surface area contributed by atoms with Crippen LogP contribution in [0.3, 0.4) is 0 Å². The molecule has 0 aliphatic heterocycles. The van der Waals surface area contributed by atoms with Crippen molar-refractivity contribution < 1.29 is 5.11 Å². The summed E-state index contributed by atoms with van der Waals surface area (Å²) < 4.78 is 2.37.